The Kier molecular flexibility index (Phi) is 5.22. The molecule has 0 saturated heterocycles. The molecule has 0 amide bonds. The normalized spacial score (nSPS) is 11.3. The third-order valence-electron chi connectivity index (χ3n) is 3.60. The van der Waals surface area contributed by atoms with Crippen LogP contribution in [-0.2, 0) is 16.4 Å². The number of sulfone groups is 1. The van der Waals surface area contributed by atoms with Gasteiger partial charge in [-0.1, -0.05) is 11.2 Å². The Morgan fingerprint density at radius 3 is 2.62 bits per heavy atom. The number of hydrogen-bond acceptors (Lipinski definition) is 7. The van der Waals surface area contributed by atoms with Gasteiger partial charge in [-0.3, -0.25) is 0 Å². The van der Waals surface area contributed by atoms with Crippen LogP contribution in [0.3, 0.4) is 0 Å². The fraction of sp³-hybridized carbons (Fsp3) is 0.222. The maximum atomic E-state index is 11.6. The first-order chi connectivity index (χ1) is 12.5. The molecule has 3 aromatic rings. The molecule has 1 heterocycles. The lowest BCUT2D eigenvalue weighted by molar-refractivity contribution is 0.340. The number of anilines is 1. The molecule has 2 aromatic carbocycles. The monoisotopic (exact) mass is 373 g/mol. The standard InChI is InChI=1S/C18H19N3O4S/c1-3-24-15-9-7-13(8-10-15)18-20-17(25-21-18)12-19-14-5-4-6-16(11-14)26(2,22)23/h4-11,19H,3,12H2,1-2H3. The summed E-state index contributed by atoms with van der Waals surface area (Å²) >= 11 is 0. The minimum atomic E-state index is -3.25. The lowest BCUT2D eigenvalue weighted by atomic mass is 10.2. The van der Waals surface area contributed by atoms with E-state index in [4.69, 9.17) is 9.26 Å². The Morgan fingerprint density at radius 1 is 1.15 bits per heavy atom. The van der Waals surface area contributed by atoms with Crippen LogP contribution >= 0.6 is 0 Å². The highest BCUT2D eigenvalue weighted by molar-refractivity contribution is 7.90. The Hall–Kier alpha value is -2.87. The molecule has 1 aromatic heterocycles. The molecule has 0 spiro atoms. The summed E-state index contributed by atoms with van der Waals surface area (Å²) in [4.78, 5) is 4.60. The van der Waals surface area contributed by atoms with Crippen molar-refractivity contribution in [2.75, 3.05) is 18.2 Å². The van der Waals surface area contributed by atoms with Gasteiger partial charge in [0.25, 0.3) is 0 Å². The lowest BCUT2D eigenvalue weighted by Crippen LogP contribution is -2.02. The van der Waals surface area contributed by atoms with E-state index in [1.807, 2.05) is 31.2 Å². The topological polar surface area (TPSA) is 94.3 Å². The van der Waals surface area contributed by atoms with Gasteiger partial charge < -0.3 is 14.6 Å². The van der Waals surface area contributed by atoms with E-state index in [0.29, 0.717) is 24.0 Å². The summed E-state index contributed by atoms with van der Waals surface area (Å²) in [6, 6.07) is 14.0. The van der Waals surface area contributed by atoms with Crippen LogP contribution in [-0.4, -0.2) is 31.4 Å². The maximum absolute atomic E-state index is 11.6. The minimum absolute atomic E-state index is 0.253. The highest BCUT2D eigenvalue weighted by Gasteiger charge is 2.10. The number of benzene rings is 2. The van der Waals surface area contributed by atoms with E-state index < -0.39 is 9.84 Å². The largest absolute Gasteiger partial charge is 0.494 e. The zero-order valence-electron chi connectivity index (χ0n) is 14.5. The van der Waals surface area contributed by atoms with Gasteiger partial charge in [-0.05, 0) is 49.4 Å². The summed E-state index contributed by atoms with van der Waals surface area (Å²) in [6.45, 7) is 2.83. The second kappa shape index (κ2) is 7.57. The molecule has 7 nitrogen and oxygen atoms in total. The van der Waals surface area contributed by atoms with Crippen molar-refractivity contribution in [3.63, 3.8) is 0 Å². The Morgan fingerprint density at radius 2 is 1.92 bits per heavy atom. The van der Waals surface area contributed by atoms with E-state index in [-0.39, 0.29) is 11.4 Å². The van der Waals surface area contributed by atoms with Crippen LogP contribution in [0.2, 0.25) is 0 Å². The molecule has 136 valence electrons. The molecule has 0 unspecified atom stereocenters. The SMILES string of the molecule is CCOc1ccc(-c2noc(CNc3cccc(S(C)(=O)=O)c3)n2)cc1. The second-order valence-electron chi connectivity index (χ2n) is 5.62. The highest BCUT2D eigenvalue weighted by atomic mass is 32.2. The number of nitrogens with one attached hydrogen (secondary N) is 1. The summed E-state index contributed by atoms with van der Waals surface area (Å²) in [6.07, 6.45) is 1.17. The Bertz CT molecular complexity index is 982. The summed E-state index contributed by atoms with van der Waals surface area (Å²) in [5.74, 6) is 1.67. The molecular weight excluding hydrogens is 354 g/mol. The highest BCUT2D eigenvalue weighted by Crippen LogP contribution is 2.21. The smallest absolute Gasteiger partial charge is 0.246 e. The van der Waals surface area contributed by atoms with Crippen molar-refractivity contribution < 1.29 is 17.7 Å². The summed E-state index contributed by atoms with van der Waals surface area (Å²) in [5, 5.41) is 7.05. The third-order valence-corrected chi connectivity index (χ3v) is 4.71. The van der Waals surface area contributed by atoms with Gasteiger partial charge in [-0.2, -0.15) is 4.98 Å². The van der Waals surface area contributed by atoms with Crippen LogP contribution in [0.5, 0.6) is 5.75 Å². The molecule has 0 bridgehead atoms. The van der Waals surface area contributed by atoms with E-state index >= 15 is 0 Å². The molecule has 26 heavy (non-hydrogen) atoms. The van der Waals surface area contributed by atoms with Gasteiger partial charge >= 0.3 is 0 Å². The van der Waals surface area contributed by atoms with Gasteiger partial charge in [0.2, 0.25) is 11.7 Å². The molecule has 8 heteroatoms. The predicted octanol–water partition coefficient (Wildman–Crippen LogP) is 3.15. The second-order valence-corrected chi connectivity index (χ2v) is 7.64. The van der Waals surface area contributed by atoms with Crippen molar-refractivity contribution in [3.8, 4) is 17.1 Å². The van der Waals surface area contributed by atoms with E-state index in [1.165, 1.54) is 6.26 Å². The van der Waals surface area contributed by atoms with Crippen LogP contribution in [0, 0.1) is 0 Å². The van der Waals surface area contributed by atoms with Crippen LogP contribution < -0.4 is 10.1 Å². The van der Waals surface area contributed by atoms with Crippen molar-refractivity contribution in [2.24, 2.45) is 0 Å². The first-order valence-electron chi connectivity index (χ1n) is 8.05. The molecular formula is C18H19N3O4S. The Labute approximate surface area is 151 Å². The molecule has 0 atom stereocenters. The number of nitrogens with zero attached hydrogens (tertiary/aromatic N) is 2. The zero-order chi connectivity index (χ0) is 18.6. The molecule has 0 aliphatic heterocycles. The minimum Gasteiger partial charge on any atom is -0.494 e. The molecule has 0 radical (unpaired) electrons. The van der Waals surface area contributed by atoms with Crippen molar-refractivity contribution in [1.29, 1.82) is 0 Å². The van der Waals surface area contributed by atoms with Crippen LogP contribution in [0.15, 0.2) is 57.9 Å². The van der Waals surface area contributed by atoms with E-state index in [0.717, 1.165) is 11.3 Å². The number of hydrogen-bond donors (Lipinski definition) is 1. The third kappa shape index (κ3) is 4.40. The summed E-state index contributed by atoms with van der Waals surface area (Å²) < 4.78 is 33.9. The predicted molar refractivity (Wildman–Crippen MR) is 97.8 cm³/mol. The number of aromatic nitrogens is 2. The maximum Gasteiger partial charge on any atom is 0.246 e. The van der Waals surface area contributed by atoms with E-state index in [2.05, 4.69) is 15.5 Å². The average molecular weight is 373 g/mol. The molecule has 0 aliphatic rings. The van der Waals surface area contributed by atoms with Crippen LogP contribution in [0.25, 0.3) is 11.4 Å². The Balaban J connectivity index is 1.67. The molecule has 0 aliphatic carbocycles. The van der Waals surface area contributed by atoms with Gasteiger partial charge in [0.1, 0.15) is 5.75 Å². The van der Waals surface area contributed by atoms with E-state index in [1.54, 1.807) is 24.3 Å². The fourth-order valence-electron chi connectivity index (χ4n) is 2.33. The fourth-order valence-corrected chi connectivity index (χ4v) is 2.99. The zero-order valence-corrected chi connectivity index (χ0v) is 15.3. The number of rotatable bonds is 7. The van der Waals surface area contributed by atoms with Crippen molar-refractivity contribution in [3.05, 3.63) is 54.4 Å². The number of ether oxygens (including phenoxy) is 1. The molecule has 1 N–H and O–H groups in total. The molecule has 0 fully saturated rings. The summed E-state index contributed by atoms with van der Waals surface area (Å²) in [5.41, 5.74) is 1.48. The first-order valence-corrected chi connectivity index (χ1v) is 9.94. The first kappa shape index (κ1) is 17.9. The van der Waals surface area contributed by atoms with Gasteiger partial charge in [0.05, 0.1) is 18.0 Å². The summed E-state index contributed by atoms with van der Waals surface area (Å²) in [7, 11) is -3.25. The van der Waals surface area contributed by atoms with E-state index in [9.17, 15) is 8.42 Å². The van der Waals surface area contributed by atoms with Crippen molar-refractivity contribution in [1.82, 2.24) is 10.1 Å². The van der Waals surface area contributed by atoms with Gasteiger partial charge in [-0.25, -0.2) is 8.42 Å². The van der Waals surface area contributed by atoms with Gasteiger partial charge in [-0.15, -0.1) is 0 Å². The van der Waals surface area contributed by atoms with Gasteiger partial charge in [0, 0.05) is 17.5 Å². The lowest BCUT2D eigenvalue weighted by Gasteiger charge is -2.05. The van der Waals surface area contributed by atoms with Crippen molar-refractivity contribution >= 4 is 15.5 Å². The van der Waals surface area contributed by atoms with Crippen LogP contribution in [0.4, 0.5) is 5.69 Å². The quantitative estimate of drug-likeness (QED) is 0.680. The molecule has 0 saturated carbocycles. The average Bonchev–Trinajstić information content (AvgIpc) is 3.09. The molecule has 3 rings (SSSR count). The van der Waals surface area contributed by atoms with Gasteiger partial charge in [0.15, 0.2) is 9.84 Å². The van der Waals surface area contributed by atoms with Crippen LogP contribution in [0.1, 0.15) is 12.8 Å². The van der Waals surface area contributed by atoms with Crippen molar-refractivity contribution in [2.45, 2.75) is 18.4 Å².